The molecule has 0 aliphatic heterocycles. The van der Waals surface area contributed by atoms with Crippen LogP contribution in [0.25, 0.3) is 0 Å². The summed E-state index contributed by atoms with van der Waals surface area (Å²) in [6.07, 6.45) is -0.184. The van der Waals surface area contributed by atoms with E-state index < -0.39 is 12.0 Å². The lowest BCUT2D eigenvalue weighted by atomic mass is 10.2. The maximum absolute atomic E-state index is 11.9. The number of halogens is 1. The maximum Gasteiger partial charge on any atom is 0.329 e. The number of benzene rings is 1. The molecule has 0 aromatic heterocycles. The van der Waals surface area contributed by atoms with Gasteiger partial charge in [-0.15, -0.1) is 0 Å². The van der Waals surface area contributed by atoms with Crippen molar-refractivity contribution in [2.24, 2.45) is 0 Å². The molecule has 0 radical (unpaired) electrons. The van der Waals surface area contributed by atoms with Crippen molar-refractivity contribution in [1.82, 2.24) is 5.32 Å². The maximum atomic E-state index is 11.9. The lowest BCUT2D eigenvalue weighted by Gasteiger charge is -2.17. The van der Waals surface area contributed by atoms with Crippen molar-refractivity contribution < 1.29 is 14.3 Å². The molecule has 1 aromatic rings. The summed E-state index contributed by atoms with van der Waals surface area (Å²) in [7, 11) is 0. The fraction of sp³-hybridized carbons (Fsp3) is 0.385. The van der Waals surface area contributed by atoms with Gasteiger partial charge in [0.05, 0.1) is 6.10 Å². The van der Waals surface area contributed by atoms with Crippen molar-refractivity contribution in [2.75, 3.05) is 4.43 Å². The number of hydrogen-bond acceptors (Lipinski definition) is 3. The summed E-state index contributed by atoms with van der Waals surface area (Å²) >= 11 is 2.05. The lowest BCUT2D eigenvalue weighted by Crippen LogP contribution is -2.43. The van der Waals surface area contributed by atoms with Gasteiger partial charge < -0.3 is 10.1 Å². The SMILES string of the molecule is CC(C)OC(=O)[C@@H](CI)NC(=O)c1ccccc1. The molecule has 0 saturated carbocycles. The van der Waals surface area contributed by atoms with E-state index in [9.17, 15) is 9.59 Å². The average Bonchev–Trinajstić information content (AvgIpc) is 2.35. The van der Waals surface area contributed by atoms with Gasteiger partial charge in [0.15, 0.2) is 0 Å². The van der Waals surface area contributed by atoms with Gasteiger partial charge in [0, 0.05) is 9.99 Å². The van der Waals surface area contributed by atoms with Gasteiger partial charge in [0.1, 0.15) is 6.04 Å². The van der Waals surface area contributed by atoms with E-state index in [1.807, 2.05) is 28.7 Å². The minimum Gasteiger partial charge on any atom is -0.461 e. The first-order valence-electron chi connectivity index (χ1n) is 5.67. The highest BCUT2D eigenvalue weighted by molar-refractivity contribution is 14.1. The predicted octanol–water partition coefficient (Wildman–Crippen LogP) is 2.17. The van der Waals surface area contributed by atoms with Crippen LogP contribution in [0.5, 0.6) is 0 Å². The Morgan fingerprint density at radius 3 is 2.39 bits per heavy atom. The largest absolute Gasteiger partial charge is 0.461 e. The molecule has 4 nitrogen and oxygen atoms in total. The number of ether oxygens (including phenoxy) is 1. The standard InChI is InChI=1S/C13H16INO3/c1-9(2)18-13(17)11(8-14)15-12(16)10-6-4-3-5-7-10/h3-7,9,11H,8H2,1-2H3,(H,15,16)/t11-/m1/s1. The number of amides is 1. The highest BCUT2D eigenvalue weighted by atomic mass is 127. The van der Waals surface area contributed by atoms with Crippen LogP contribution in [-0.4, -0.2) is 28.4 Å². The zero-order valence-electron chi connectivity index (χ0n) is 10.4. The van der Waals surface area contributed by atoms with E-state index in [1.54, 1.807) is 38.1 Å². The van der Waals surface area contributed by atoms with E-state index in [1.165, 1.54) is 0 Å². The van der Waals surface area contributed by atoms with E-state index in [0.29, 0.717) is 9.99 Å². The summed E-state index contributed by atoms with van der Waals surface area (Å²) in [6, 6.07) is 8.18. The van der Waals surface area contributed by atoms with E-state index in [4.69, 9.17) is 4.74 Å². The molecule has 1 aromatic carbocycles. The third-order valence-electron chi connectivity index (χ3n) is 2.13. The number of alkyl halides is 1. The Hall–Kier alpha value is -1.11. The van der Waals surface area contributed by atoms with Gasteiger partial charge in [0.25, 0.3) is 5.91 Å². The van der Waals surface area contributed by atoms with Crippen LogP contribution in [0.4, 0.5) is 0 Å². The minimum absolute atomic E-state index is 0.184. The van der Waals surface area contributed by atoms with E-state index >= 15 is 0 Å². The van der Waals surface area contributed by atoms with Crippen LogP contribution in [0.15, 0.2) is 30.3 Å². The summed E-state index contributed by atoms with van der Waals surface area (Å²) in [6.45, 7) is 3.56. The zero-order chi connectivity index (χ0) is 13.5. The molecular weight excluding hydrogens is 345 g/mol. The first-order chi connectivity index (χ1) is 8.54. The number of carbonyl (C=O) groups is 2. The molecule has 1 amide bonds. The Morgan fingerprint density at radius 2 is 1.89 bits per heavy atom. The molecule has 0 bridgehead atoms. The van der Waals surface area contributed by atoms with Crippen LogP contribution in [0.3, 0.4) is 0 Å². The van der Waals surface area contributed by atoms with E-state index in [-0.39, 0.29) is 12.0 Å². The first-order valence-corrected chi connectivity index (χ1v) is 7.19. The Morgan fingerprint density at radius 1 is 1.28 bits per heavy atom. The van der Waals surface area contributed by atoms with Crippen molar-refractivity contribution >= 4 is 34.5 Å². The molecule has 0 unspecified atom stereocenters. The van der Waals surface area contributed by atoms with Crippen molar-refractivity contribution in [3.05, 3.63) is 35.9 Å². The van der Waals surface area contributed by atoms with Crippen LogP contribution in [0.2, 0.25) is 0 Å². The second-order valence-electron chi connectivity index (χ2n) is 4.03. The molecule has 1 N–H and O–H groups in total. The molecule has 1 rings (SSSR count). The fourth-order valence-electron chi connectivity index (χ4n) is 1.31. The molecular formula is C13H16INO3. The zero-order valence-corrected chi connectivity index (χ0v) is 12.5. The van der Waals surface area contributed by atoms with Crippen LogP contribution in [0.1, 0.15) is 24.2 Å². The molecule has 5 heteroatoms. The number of nitrogens with one attached hydrogen (secondary N) is 1. The van der Waals surface area contributed by atoms with Gasteiger partial charge in [-0.1, -0.05) is 40.8 Å². The Bertz CT molecular complexity index is 406. The summed E-state index contributed by atoms with van der Waals surface area (Å²) in [5.41, 5.74) is 0.532. The van der Waals surface area contributed by atoms with Crippen LogP contribution in [0, 0.1) is 0 Å². The van der Waals surface area contributed by atoms with E-state index in [2.05, 4.69) is 5.32 Å². The van der Waals surface area contributed by atoms with Crippen molar-refractivity contribution in [1.29, 1.82) is 0 Å². The van der Waals surface area contributed by atoms with Crippen molar-refractivity contribution in [2.45, 2.75) is 26.0 Å². The Labute approximate surface area is 120 Å². The van der Waals surface area contributed by atoms with Gasteiger partial charge in [-0.3, -0.25) is 4.79 Å². The quantitative estimate of drug-likeness (QED) is 0.497. The number of hydrogen-bond donors (Lipinski definition) is 1. The third kappa shape index (κ3) is 4.64. The van der Waals surface area contributed by atoms with Gasteiger partial charge >= 0.3 is 5.97 Å². The molecule has 1 atom stereocenters. The normalized spacial score (nSPS) is 12.0. The molecule has 0 spiro atoms. The second-order valence-corrected chi connectivity index (χ2v) is 4.91. The monoisotopic (exact) mass is 361 g/mol. The third-order valence-corrected chi connectivity index (χ3v) is 3.01. The Balaban J connectivity index is 2.64. The summed E-state index contributed by atoms with van der Waals surface area (Å²) in [4.78, 5) is 23.6. The highest BCUT2D eigenvalue weighted by Gasteiger charge is 2.22. The number of rotatable bonds is 5. The number of esters is 1. The summed E-state index contributed by atoms with van der Waals surface area (Å²) in [5, 5.41) is 2.67. The Kier molecular flexibility index (Phi) is 6.11. The molecule has 18 heavy (non-hydrogen) atoms. The van der Waals surface area contributed by atoms with Crippen molar-refractivity contribution in [3.8, 4) is 0 Å². The smallest absolute Gasteiger partial charge is 0.329 e. The minimum atomic E-state index is -0.610. The lowest BCUT2D eigenvalue weighted by molar-refractivity contribution is -0.148. The van der Waals surface area contributed by atoms with Crippen LogP contribution < -0.4 is 5.32 Å². The van der Waals surface area contributed by atoms with E-state index in [0.717, 1.165) is 0 Å². The fourth-order valence-corrected chi connectivity index (χ4v) is 1.89. The van der Waals surface area contributed by atoms with Gasteiger partial charge in [-0.2, -0.15) is 0 Å². The predicted molar refractivity (Wildman–Crippen MR) is 77.8 cm³/mol. The topological polar surface area (TPSA) is 55.4 Å². The molecule has 0 heterocycles. The highest BCUT2D eigenvalue weighted by Crippen LogP contribution is 2.03. The van der Waals surface area contributed by atoms with Crippen LogP contribution in [-0.2, 0) is 9.53 Å². The summed E-state index contributed by atoms with van der Waals surface area (Å²) in [5.74, 6) is -0.665. The first kappa shape index (κ1) is 14.9. The van der Waals surface area contributed by atoms with Gasteiger partial charge in [-0.25, -0.2) is 4.79 Å². The molecule has 0 fully saturated rings. The van der Waals surface area contributed by atoms with Crippen LogP contribution >= 0.6 is 22.6 Å². The van der Waals surface area contributed by atoms with Gasteiger partial charge in [0.2, 0.25) is 0 Å². The van der Waals surface area contributed by atoms with Crippen molar-refractivity contribution in [3.63, 3.8) is 0 Å². The second kappa shape index (κ2) is 7.35. The molecule has 0 aliphatic rings. The molecule has 0 aliphatic carbocycles. The average molecular weight is 361 g/mol. The number of carbonyl (C=O) groups excluding carboxylic acids is 2. The van der Waals surface area contributed by atoms with Gasteiger partial charge in [-0.05, 0) is 26.0 Å². The summed E-state index contributed by atoms with van der Waals surface area (Å²) < 4.78 is 5.56. The molecule has 0 saturated heterocycles. The molecule has 98 valence electrons.